The molecule has 6 nitrogen and oxygen atoms in total. The molecule has 23 heavy (non-hydrogen) atoms. The van der Waals surface area contributed by atoms with Crippen LogP contribution in [0.1, 0.15) is 15.9 Å². The van der Waals surface area contributed by atoms with Crippen molar-refractivity contribution < 1.29 is 14.3 Å². The molecule has 0 fully saturated rings. The number of aromatic nitrogens is 1. The molecule has 0 aliphatic rings. The normalized spacial score (nSPS) is 11.0. The fourth-order valence-corrected chi connectivity index (χ4v) is 1.91. The number of hydrogen-bond acceptors (Lipinski definition) is 5. The number of carbonyl (C=O) groups excluding carboxylic acids is 2. The number of halogens is 1. The summed E-state index contributed by atoms with van der Waals surface area (Å²) in [5.41, 5.74) is 7.82. The Bertz CT molecular complexity index is 647. The van der Waals surface area contributed by atoms with Gasteiger partial charge in [0, 0.05) is 18.1 Å². The Morgan fingerprint density at radius 1 is 1.17 bits per heavy atom. The van der Waals surface area contributed by atoms with Gasteiger partial charge in [0.05, 0.1) is 18.7 Å². The number of ether oxygens (including phenoxy) is 1. The van der Waals surface area contributed by atoms with Gasteiger partial charge in [0.2, 0.25) is 5.91 Å². The van der Waals surface area contributed by atoms with Crippen LogP contribution >= 0.6 is 12.4 Å². The highest BCUT2D eigenvalue weighted by atomic mass is 35.5. The average molecular weight is 336 g/mol. The molecule has 0 saturated carbocycles. The smallest absolute Gasteiger partial charge is 0.337 e. The summed E-state index contributed by atoms with van der Waals surface area (Å²) in [7, 11) is 1.32. The second-order valence-corrected chi connectivity index (χ2v) is 4.72. The van der Waals surface area contributed by atoms with E-state index in [-0.39, 0.29) is 18.3 Å². The van der Waals surface area contributed by atoms with Crippen LogP contribution in [-0.2, 0) is 16.0 Å². The van der Waals surface area contributed by atoms with Crippen LogP contribution in [-0.4, -0.2) is 30.0 Å². The maximum atomic E-state index is 12.0. The molecule has 0 aliphatic carbocycles. The zero-order chi connectivity index (χ0) is 15.9. The van der Waals surface area contributed by atoms with Crippen LogP contribution in [0.5, 0.6) is 0 Å². The molecular formula is C16H18ClN3O3. The minimum absolute atomic E-state index is 0. The van der Waals surface area contributed by atoms with E-state index in [1.165, 1.54) is 7.11 Å². The molecule has 1 unspecified atom stereocenters. The van der Waals surface area contributed by atoms with Crippen molar-refractivity contribution in [2.75, 3.05) is 12.4 Å². The van der Waals surface area contributed by atoms with E-state index in [1.807, 2.05) is 12.1 Å². The Kier molecular flexibility index (Phi) is 7.18. The van der Waals surface area contributed by atoms with E-state index in [4.69, 9.17) is 5.73 Å². The molecule has 1 amide bonds. The van der Waals surface area contributed by atoms with Crippen molar-refractivity contribution in [1.82, 2.24) is 4.98 Å². The first-order chi connectivity index (χ1) is 10.6. The summed E-state index contributed by atoms with van der Waals surface area (Å²) in [6, 6.07) is 9.39. The topological polar surface area (TPSA) is 94.3 Å². The van der Waals surface area contributed by atoms with Crippen molar-refractivity contribution in [1.29, 1.82) is 0 Å². The molecule has 0 aliphatic heterocycles. The van der Waals surface area contributed by atoms with Gasteiger partial charge in [-0.25, -0.2) is 4.79 Å². The van der Waals surface area contributed by atoms with Crippen LogP contribution in [0.2, 0.25) is 0 Å². The Morgan fingerprint density at radius 3 is 2.35 bits per heavy atom. The second-order valence-electron chi connectivity index (χ2n) is 4.72. The van der Waals surface area contributed by atoms with Gasteiger partial charge in [-0.2, -0.15) is 0 Å². The van der Waals surface area contributed by atoms with E-state index in [0.717, 1.165) is 5.56 Å². The molecule has 2 rings (SSSR count). The molecule has 3 N–H and O–H groups in total. The van der Waals surface area contributed by atoms with E-state index < -0.39 is 12.0 Å². The first-order valence-corrected chi connectivity index (χ1v) is 6.74. The Hall–Kier alpha value is -2.44. The fourth-order valence-electron chi connectivity index (χ4n) is 1.91. The standard InChI is InChI=1S/C16H17N3O3.ClH/c1-22-16(21)12-2-4-13(5-3-12)19-15(20)14(17)10-11-6-8-18-9-7-11;/h2-9,14H,10,17H2,1H3,(H,19,20);1H. The minimum Gasteiger partial charge on any atom is -0.465 e. The van der Waals surface area contributed by atoms with Crippen molar-refractivity contribution in [2.45, 2.75) is 12.5 Å². The molecule has 1 aromatic carbocycles. The Balaban J connectivity index is 0.00000264. The maximum absolute atomic E-state index is 12.0. The molecule has 122 valence electrons. The number of nitrogens with one attached hydrogen (secondary N) is 1. The van der Waals surface area contributed by atoms with Crippen LogP contribution in [0.3, 0.4) is 0 Å². The Morgan fingerprint density at radius 2 is 1.78 bits per heavy atom. The SMILES string of the molecule is COC(=O)c1ccc(NC(=O)C(N)Cc2ccncc2)cc1.Cl. The van der Waals surface area contributed by atoms with Gasteiger partial charge in [-0.05, 0) is 48.4 Å². The second kappa shape index (κ2) is 8.87. The predicted octanol–water partition coefficient (Wildman–Crippen LogP) is 1.80. The summed E-state index contributed by atoms with van der Waals surface area (Å²) in [6.07, 6.45) is 3.74. The lowest BCUT2D eigenvalue weighted by molar-refractivity contribution is -0.117. The van der Waals surface area contributed by atoms with Crippen LogP contribution < -0.4 is 11.1 Å². The number of nitrogens with two attached hydrogens (primary N) is 1. The molecule has 0 spiro atoms. The van der Waals surface area contributed by atoms with Crippen molar-refractivity contribution >= 4 is 30.0 Å². The lowest BCUT2D eigenvalue weighted by Gasteiger charge is -2.12. The molecule has 0 saturated heterocycles. The maximum Gasteiger partial charge on any atom is 0.337 e. The zero-order valence-electron chi connectivity index (χ0n) is 12.6. The van der Waals surface area contributed by atoms with E-state index >= 15 is 0 Å². The third-order valence-corrected chi connectivity index (χ3v) is 3.12. The summed E-state index contributed by atoms with van der Waals surface area (Å²) in [6.45, 7) is 0. The number of anilines is 1. The van der Waals surface area contributed by atoms with Gasteiger partial charge >= 0.3 is 5.97 Å². The van der Waals surface area contributed by atoms with Crippen molar-refractivity contribution in [3.8, 4) is 0 Å². The van der Waals surface area contributed by atoms with E-state index in [2.05, 4.69) is 15.0 Å². The van der Waals surface area contributed by atoms with E-state index in [1.54, 1.807) is 36.7 Å². The van der Waals surface area contributed by atoms with Gasteiger partial charge < -0.3 is 15.8 Å². The monoisotopic (exact) mass is 335 g/mol. The fraction of sp³-hybridized carbons (Fsp3) is 0.188. The summed E-state index contributed by atoms with van der Waals surface area (Å²) >= 11 is 0. The van der Waals surface area contributed by atoms with Gasteiger partial charge in [0.25, 0.3) is 0 Å². The number of hydrogen-bond donors (Lipinski definition) is 2. The lowest BCUT2D eigenvalue weighted by Crippen LogP contribution is -2.37. The number of esters is 1. The molecule has 1 aromatic heterocycles. The van der Waals surface area contributed by atoms with Gasteiger partial charge in [-0.1, -0.05) is 0 Å². The quantitative estimate of drug-likeness (QED) is 0.812. The van der Waals surface area contributed by atoms with Crippen molar-refractivity contribution in [2.24, 2.45) is 5.73 Å². The summed E-state index contributed by atoms with van der Waals surface area (Å²) < 4.78 is 4.61. The van der Waals surface area contributed by atoms with Gasteiger partial charge in [0.1, 0.15) is 0 Å². The number of amides is 1. The molecule has 1 atom stereocenters. The third-order valence-electron chi connectivity index (χ3n) is 3.12. The van der Waals surface area contributed by atoms with Gasteiger partial charge in [-0.3, -0.25) is 9.78 Å². The van der Waals surface area contributed by atoms with Gasteiger partial charge in [-0.15, -0.1) is 12.4 Å². The molecule has 0 radical (unpaired) electrons. The average Bonchev–Trinajstić information content (AvgIpc) is 2.55. The van der Waals surface area contributed by atoms with Crippen molar-refractivity contribution in [3.63, 3.8) is 0 Å². The summed E-state index contributed by atoms with van der Waals surface area (Å²) in [5.74, 6) is -0.713. The Labute approximate surface area is 140 Å². The lowest BCUT2D eigenvalue weighted by atomic mass is 10.1. The number of pyridine rings is 1. The molecular weight excluding hydrogens is 318 g/mol. The van der Waals surface area contributed by atoms with Crippen LogP contribution in [0.15, 0.2) is 48.8 Å². The number of methoxy groups -OCH3 is 1. The highest BCUT2D eigenvalue weighted by Crippen LogP contribution is 2.11. The predicted molar refractivity (Wildman–Crippen MR) is 89.6 cm³/mol. The minimum atomic E-state index is -0.664. The number of rotatable bonds is 5. The summed E-state index contributed by atoms with van der Waals surface area (Å²) in [4.78, 5) is 27.3. The van der Waals surface area contributed by atoms with Gasteiger partial charge in [0.15, 0.2) is 0 Å². The first-order valence-electron chi connectivity index (χ1n) is 6.74. The molecule has 1 heterocycles. The highest BCUT2D eigenvalue weighted by Gasteiger charge is 2.14. The highest BCUT2D eigenvalue weighted by molar-refractivity contribution is 5.95. The van der Waals surface area contributed by atoms with Crippen LogP contribution in [0.4, 0.5) is 5.69 Å². The molecule has 7 heteroatoms. The van der Waals surface area contributed by atoms with Crippen molar-refractivity contribution in [3.05, 3.63) is 59.9 Å². The summed E-state index contributed by atoms with van der Waals surface area (Å²) in [5, 5.41) is 2.71. The number of benzene rings is 1. The number of nitrogens with zero attached hydrogens (tertiary/aromatic N) is 1. The molecule has 0 bridgehead atoms. The number of carbonyl (C=O) groups is 2. The third kappa shape index (κ3) is 5.36. The van der Waals surface area contributed by atoms with Crippen LogP contribution in [0.25, 0.3) is 0 Å². The zero-order valence-corrected chi connectivity index (χ0v) is 13.4. The van der Waals surface area contributed by atoms with Crippen LogP contribution in [0, 0.1) is 0 Å². The largest absolute Gasteiger partial charge is 0.465 e. The van der Waals surface area contributed by atoms with E-state index in [0.29, 0.717) is 17.7 Å². The molecule has 2 aromatic rings. The van der Waals surface area contributed by atoms with E-state index in [9.17, 15) is 9.59 Å². The first kappa shape index (κ1) is 18.6.